The van der Waals surface area contributed by atoms with E-state index < -0.39 is 11.2 Å². The number of phenolic OH excluding ortho intramolecular Hbond substituents is 2. The van der Waals surface area contributed by atoms with E-state index in [1.807, 2.05) is 69.2 Å². The van der Waals surface area contributed by atoms with Gasteiger partial charge in [-0.05, 0) is 149 Å². The molecule has 2 aliphatic rings. The van der Waals surface area contributed by atoms with Gasteiger partial charge in [0.15, 0.2) is 11.2 Å². The molecule has 8 heteroatoms. The Morgan fingerprint density at radius 3 is 1.61 bits per heavy atom. The Hall–Kier alpha value is -3.94. The highest BCUT2D eigenvalue weighted by molar-refractivity contribution is 5.86. The predicted octanol–water partition coefficient (Wildman–Crippen LogP) is 8.14. The van der Waals surface area contributed by atoms with Gasteiger partial charge in [-0.25, -0.2) is 0 Å². The lowest BCUT2D eigenvalue weighted by molar-refractivity contribution is -0.137. The second-order valence-corrected chi connectivity index (χ2v) is 14.9. The molecule has 2 atom stereocenters. The maximum Gasteiger partial charge on any atom is 0.264 e. The second kappa shape index (κ2) is 15.7. The Morgan fingerprint density at radius 1 is 0.735 bits per heavy atom. The lowest BCUT2D eigenvalue weighted by atomic mass is 9.86. The minimum Gasteiger partial charge on any atom is -0.507 e. The molecule has 270 valence electrons. The number of fused-ring (bicyclic) bond motifs is 2. The molecule has 8 nitrogen and oxygen atoms in total. The molecule has 2 aliphatic heterocycles. The largest absolute Gasteiger partial charge is 0.507 e. The smallest absolute Gasteiger partial charge is 0.264 e. The summed E-state index contributed by atoms with van der Waals surface area (Å²) >= 11 is 0. The topological polar surface area (TPSA) is 117 Å². The van der Waals surface area contributed by atoms with Crippen molar-refractivity contribution in [1.82, 2.24) is 10.6 Å². The number of rotatable bonds is 8. The van der Waals surface area contributed by atoms with Crippen molar-refractivity contribution >= 4 is 11.8 Å². The number of carbonyl (C=O) groups is 2. The Kier molecular flexibility index (Phi) is 12.7. The zero-order valence-electron chi connectivity index (χ0n) is 32.2. The third-order valence-corrected chi connectivity index (χ3v) is 10.2. The van der Waals surface area contributed by atoms with Crippen LogP contribution >= 0.6 is 0 Å². The third-order valence-electron chi connectivity index (χ3n) is 10.2. The predicted molar refractivity (Wildman–Crippen MR) is 198 cm³/mol. The molecule has 0 spiro atoms. The molecule has 4 rings (SSSR count). The molecule has 49 heavy (non-hydrogen) atoms. The van der Waals surface area contributed by atoms with Crippen LogP contribution in [0.4, 0.5) is 0 Å². The molecule has 0 fully saturated rings. The van der Waals surface area contributed by atoms with Gasteiger partial charge < -0.3 is 30.3 Å². The van der Waals surface area contributed by atoms with Crippen LogP contribution in [-0.4, -0.2) is 45.8 Å². The number of ether oxygens (including phenoxy) is 2. The van der Waals surface area contributed by atoms with Crippen molar-refractivity contribution in [3.05, 3.63) is 67.8 Å². The van der Waals surface area contributed by atoms with Crippen LogP contribution in [0.2, 0.25) is 0 Å². The van der Waals surface area contributed by atoms with Gasteiger partial charge in [-0.15, -0.1) is 0 Å². The fraction of sp³-hybridized carbons (Fsp3) is 0.561. The summed E-state index contributed by atoms with van der Waals surface area (Å²) < 4.78 is 12.3. The van der Waals surface area contributed by atoms with E-state index in [9.17, 15) is 19.8 Å². The SMILES string of the molecule is CC(C)=CCC/C(C)=C/CNC(=O)C1(C)CCc2c(C)c(O)c(C)c(C)c2O1.Cc1c(C)c2c(c(C)c1O)CCC(C)(C(=O)NC(C)C)O2. The molecule has 2 aromatic rings. The van der Waals surface area contributed by atoms with Crippen molar-refractivity contribution in [1.29, 1.82) is 0 Å². The fourth-order valence-corrected chi connectivity index (χ4v) is 6.43. The molecule has 0 radical (unpaired) electrons. The van der Waals surface area contributed by atoms with Crippen molar-refractivity contribution in [2.75, 3.05) is 6.54 Å². The summed E-state index contributed by atoms with van der Waals surface area (Å²) in [6.07, 6.45) is 9.00. The van der Waals surface area contributed by atoms with E-state index in [0.29, 0.717) is 30.9 Å². The zero-order chi connectivity index (χ0) is 37.0. The summed E-state index contributed by atoms with van der Waals surface area (Å²) in [6, 6.07) is 0.0868. The van der Waals surface area contributed by atoms with Crippen LogP contribution < -0.4 is 20.1 Å². The first-order valence-corrected chi connectivity index (χ1v) is 17.6. The number of carbonyl (C=O) groups excluding carboxylic acids is 2. The summed E-state index contributed by atoms with van der Waals surface area (Å²) in [6.45, 7) is 25.8. The van der Waals surface area contributed by atoms with Crippen LogP contribution in [0.25, 0.3) is 0 Å². The van der Waals surface area contributed by atoms with Gasteiger partial charge in [0.05, 0.1) is 0 Å². The molecule has 0 bridgehead atoms. The number of benzene rings is 2. The second-order valence-electron chi connectivity index (χ2n) is 14.9. The van der Waals surface area contributed by atoms with E-state index in [0.717, 1.165) is 81.7 Å². The maximum atomic E-state index is 12.8. The van der Waals surface area contributed by atoms with Crippen LogP contribution in [0.1, 0.15) is 119 Å². The standard InChI is InChI=1S/C24H35NO3.C17H25NO3/c1-15(2)9-8-10-16(3)12-14-25-23(27)24(7)13-11-20-19(6)21(26)17(4)18(5)22(20)28-24;1-9(2)18-16(20)17(6)8-7-13-12(5)14(19)10(3)11(4)15(13)21-17/h9,12,26H,8,10-11,13-14H2,1-7H3,(H,25,27);9,19H,7-8H2,1-6H3,(H,18,20)/b16-12+;. The summed E-state index contributed by atoms with van der Waals surface area (Å²) in [5.74, 6) is 2.02. The first-order chi connectivity index (χ1) is 22.7. The van der Waals surface area contributed by atoms with Gasteiger partial charge in [-0.2, -0.15) is 0 Å². The Bertz CT molecular complexity index is 1650. The van der Waals surface area contributed by atoms with Crippen molar-refractivity contribution in [3.8, 4) is 23.0 Å². The zero-order valence-corrected chi connectivity index (χ0v) is 32.2. The normalized spacial score (nSPS) is 19.8. The van der Waals surface area contributed by atoms with Crippen LogP contribution in [0, 0.1) is 41.5 Å². The lowest BCUT2D eigenvalue weighted by Gasteiger charge is -2.37. The number of allylic oxidation sites excluding steroid dienone is 3. The summed E-state index contributed by atoms with van der Waals surface area (Å²) in [5, 5.41) is 26.4. The minimum absolute atomic E-state index is 0.0778. The van der Waals surface area contributed by atoms with Gasteiger partial charge in [0.2, 0.25) is 0 Å². The Balaban J connectivity index is 0.000000276. The Labute approximate surface area is 294 Å². The summed E-state index contributed by atoms with van der Waals surface area (Å²) in [4.78, 5) is 25.2. The average Bonchev–Trinajstić information content (AvgIpc) is 3.04. The van der Waals surface area contributed by atoms with Gasteiger partial charge >= 0.3 is 0 Å². The fourth-order valence-electron chi connectivity index (χ4n) is 6.43. The lowest BCUT2D eigenvalue weighted by Crippen LogP contribution is -2.52. The average molecular weight is 677 g/mol. The Morgan fingerprint density at radius 2 is 1.18 bits per heavy atom. The molecule has 4 N–H and O–H groups in total. The summed E-state index contributed by atoms with van der Waals surface area (Å²) in [5.41, 5.74) is 8.07. The molecule has 0 saturated heterocycles. The molecule has 0 saturated carbocycles. The maximum absolute atomic E-state index is 12.8. The van der Waals surface area contributed by atoms with E-state index in [1.165, 1.54) is 11.1 Å². The molecular formula is C41H60N2O6. The first kappa shape index (κ1) is 39.5. The highest BCUT2D eigenvalue weighted by Gasteiger charge is 2.42. The highest BCUT2D eigenvalue weighted by atomic mass is 16.5. The molecular weight excluding hydrogens is 616 g/mol. The van der Waals surface area contributed by atoms with Crippen molar-refractivity contribution in [2.24, 2.45) is 0 Å². The number of nitrogens with one attached hydrogen (secondary N) is 2. The number of phenols is 2. The summed E-state index contributed by atoms with van der Waals surface area (Å²) in [7, 11) is 0. The number of hydrogen-bond donors (Lipinski definition) is 4. The van der Waals surface area contributed by atoms with E-state index >= 15 is 0 Å². The van der Waals surface area contributed by atoms with E-state index in [2.05, 4.69) is 43.6 Å². The van der Waals surface area contributed by atoms with Crippen LogP contribution in [-0.2, 0) is 22.4 Å². The van der Waals surface area contributed by atoms with Gasteiger partial charge in [-0.3, -0.25) is 9.59 Å². The van der Waals surface area contributed by atoms with Crippen LogP contribution in [0.5, 0.6) is 23.0 Å². The quantitative estimate of drug-likeness (QED) is 0.210. The van der Waals surface area contributed by atoms with Crippen molar-refractivity contribution in [3.63, 3.8) is 0 Å². The van der Waals surface area contributed by atoms with E-state index in [-0.39, 0.29) is 17.9 Å². The van der Waals surface area contributed by atoms with Gasteiger partial charge in [0.1, 0.15) is 23.0 Å². The monoisotopic (exact) mass is 676 g/mol. The van der Waals surface area contributed by atoms with E-state index in [4.69, 9.17) is 9.47 Å². The third kappa shape index (κ3) is 8.81. The molecule has 2 unspecified atom stereocenters. The number of hydrogen-bond acceptors (Lipinski definition) is 6. The van der Waals surface area contributed by atoms with Crippen molar-refractivity contribution < 1.29 is 29.3 Å². The van der Waals surface area contributed by atoms with Crippen molar-refractivity contribution in [2.45, 2.75) is 146 Å². The molecule has 0 aliphatic carbocycles. The molecule has 2 amide bonds. The molecule has 2 aromatic carbocycles. The van der Waals surface area contributed by atoms with E-state index in [1.54, 1.807) is 0 Å². The number of amides is 2. The highest BCUT2D eigenvalue weighted by Crippen LogP contribution is 2.44. The van der Waals surface area contributed by atoms with Crippen LogP contribution in [0.15, 0.2) is 23.3 Å². The van der Waals surface area contributed by atoms with Gasteiger partial charge in [0.25, 0.3) is 11.8 Å². The molecule has 0 aromatic heterocycles. The molecule has 2 heterocycles. The number of aromatic hydroxyl groups is 2. The first-order valence-electron chi connectivity index (χ1n) is 17.6. The van der Waals surface area contributed by atoms with Crippen LogP contribution in [0.3, 0.4) is 0 Å². The van der Waals surface area contributed by atoms with Gasteiger partial charge in [-0.1, -0.05) is 23.3 Å². The minimum atomic E-state index is -0.891. The van der Waals surface area contributed by atoms with Gasteiger partial charge in [0, 0.05) is 36.6 Å².